The number of nitrogens with zero attached hydrogens (tertiary/aromatic N) is 1. The zero-order valence-electron chi connectivity index (χ0n) is 15.0. The minimum Gasteiger partial charge on any atom is -0.314 e. The lowest BCUT2D eigenvalue weighted by Gasteiger charge is -2.42. The molecule has 2 nitrogen and oxygen atoms in total. The zero-order valence-corrected chi connectivity index (χ0v) is 15.0. The van der Waals surface area contributed by atoms with Gasteiger partial charge in [0.05, 0.1) is 0 Å². The van der Waals surface area contributed by atoms with Gasteiger partial charge in [-0.05, 0) is 56.0 Å². The highest BCUT2D eigenvalue weighted by Gasteiger charge is 2.34. The van der Waals surface area contributed by atoms with E-state index in [0.717, 1.165) is 23.8 Å². The van der Waals surface area contributed by atoms with E-state index < -0.39 is 0 Å². The van der Waals surface area contributed by atoms with Crippen LogP contribution in [0.5, 0.6) is 0 Å². The molecule has 0 amide bonds. The van der Waals surface area contributed by atoms with Gasteiger partial charge in [0, 0.05) is 19.1 Å². The molecular formula is C18H38N2. The van der Waals surface area contributed by atoms with Crippen LogP contribution < -0.4 is 5.32 Å². The molecule has 1 aliphatic rings. The molecule has 2 heteroatoms. The largest absolute Gasteiger partial charge is 0.314 e. The van der Waals surface area contributed by atoms with Gasteiger partial charge in [0.25, 0.3) is 0 Å². The van der Waals surface area contributed by atoms with Crippen molar-refractivity contribution in [2.75, 3.05) is 26.7 Å². The van der Waals surface area contributed by atoms with Crippen LogP contribution in [0.2, 0.25) is 0 Å². The van der Waals surface area contributed by atoms with Crippen LogP contribution in [0.1, 0.15) is 60.8 Å². The van der Waals surface area contributed by atoms with Crippen LogP contribution in [-0.2, 0) is 0 Å². The Morgan fingerprint density at radius 3 is 2.35 bits per heavy atom. The molecular weight excluding hydrogens is 244 g/mol. The van der Waals surface area contributed by atoms with E-state index in [1.54, 1.807) is 0 Å². The van der Waals surface area contributed by atoms with E-state index in [9.17, 15) is 0 Å². The summed E-state index contributed by atoms with van der Waals surface area (Å²) < 4.78 is 0. The molecule has 4 atom stereocenters. The highest BCUT2D eigenvalue weighted by molar-refractivity contribution is 4.89. The van der Waals surface area contributed by atoms with Crippen molar-refractivity contribution in [1.82, 2.24) is 10.2 Å². The van der Waals surface area contributed by atoms with Crippen LogP contribution in [0.15, 0.2) is 0 Å². The van der Waals surface area contributed by atoms with Crippen molar-refractivity contribution in [2.24, 2.45) is 23.2 Å². The molecule has 0 heterocycles. The zero-order chi connectivity index (χ0) is 15.3. The highest BCUT2D eigenvalue weighted by Crippen LogP contribution is 2.34. The molecule has 0 saturated heterocycles. The van der Waals surface area contributed by atoms with E-state index in [4.69, 9.17) is 0 Å². The second-order valence-corrected chi connectivity index (χ2v) is 8.54. The first-order valence-electron chi connectivity index (χ1n) is 8.65. The average Bonchev–Trinajstić information content (AvgIpc) is 2.28. The van der Waals surface area contributed by atoms with E-state index in [0.29, 0.717) is 5.41 Å². The quantitative estimate of drug-likeness (QED) is 0.791. The maximum Gasteiger partial charge on any atom is 0.0113 e. The van der Waals surface area contributed by atoms with Gasteiger partial charge in [-0.15, -0.1) is 0 Å². The third kappa shape index (κ3) is 6.13. The lowest BCUT2D eigenvalue weighted by Crippen LogP contribution is -2.49. The second-order valence-electron chi connectivity index (χ2n) is 8.54. The van der Waals surface area contributed by atoms with Crippen LogP contribution in [-0.4, -0.2) is 37.6 Å². The Morgan fingerprint density at radius 1 is 1.15 bits per heavy atom. The third-order valence-corrected chi connectivity index (χ3v) is 4.60. The fourth-order valence-corrected chi connectivity index (χ4v) is 4.02. The van der Waals surface area contributed by atoms with Crippen molar-refractivity contribution < 1.29 is 0 Å². The molecule has 4 unspecified atom stereocenters. The van der Waals surface area contributed by atoms with Crippen LogP contribution in [0.4, 0.5) is 0 Å². The van der Waals surface area contributed by atoms with Gasteiger partial charge in [-0.2, -0.15) is 0 Å². The smallest absolute Gasteiger partial charge is 0.0113 e. The number of rotatable bonds is 6. The van der Waals surface area contributed by atoms with Crippen molar-refractivity contribution in [3.8, 4) is 0 Å². The summed E-state index contributed by atoms with van der Waals surface area (Å²) in [5, 5.41) is 3.82. The molecule has 0 radical (unpaired) electrons. The first-order chi connectivity index (χ1) is 9.23. The molecule has 1 fully saturated rings. The third-order valence-electron chi connectivity index (χ3n) is 4.60. The molecule has 1 saturated carbocycles. The topological polar surface area (TPSA) is 15.3 Å². The number of nitrogens with one attached hydrogen (secondary N) is 1. The standard InChI is InChI=1S/C18H38N2/c1-8-9-19-17-11-14(2)10-15(3)16(17)12-20(7)13-18(4,5)6/h14-17,19H,8-13H2,1-7H3. The molecule has 0 aliphatic heterocycles. The normalized spacial score (nSPS) is 31.8. The predicted octanol–water partition coefficient (Wildman–Crippen LogP) is 4.01. The summed E-state index contributed by atoms with van der Waals surface area (Å²) in [6, 6.07) is 0.719. The maximum absolute atomic E-state index is 3.82. The van der Waals surface area contributed by atoms with Crippen molar-refractivity contribution >= 4 is 0 Å². The molecule has 120 valence electrons. The van der Waals surface area contributed by atoms with E-state index >= 15 is 0 Å². The Morgan fingerprint density at radius 2 is 1.80 bits per heavy atom. The summed E-state index contributed by atoms with van der Waals surface area (Å²) in [4.78, 5) is 2.55. The highest BCUT2D eigenvalue weighted by atomic mass is 15.1. The van der Waals surface area contributed by atoms with Crippen molar-refractivity contribution in [3.63, 3.8) is 0 Å². The van der Waals surface area contributed by atoms with Crippen molar-refractivity contribution in [1.29, 1.82) is 0 Å². The lowest BCUT2D eigenvalue weighted by molar-refractivity contribution is 0.0974. The van der Waals surface area contributed by atoms with E-state index in [-0.39, 0.29) is 0 Å². The van der Waals surface area contributed by atoms with Crippen molar-refractivity contribution in [3.05, 3.63) is 0 Å². The average molecular weight is 283 g/mol. The van der Waals surface area contributed by atoms with E-state index in [2.05, 4.69) is 58.8 Å². The number of hydrogen-bond donors (Lipinski definition) is 1. The molecule has 1 aliphatic carbocycles. The summed E-state index contributed by atoms with van der Waals surface area (Å²) in [6.45, 7) is 17.8. The minimum atomic E-state index is 0.395. The van der Waals surface area contributed by atoms with Gasteiger partial charge < -0.3 is 10.2 Å². The van der Waals surface area contributed by atoms with Crippen LogP contribution in [0.3, 0.4) is 0 Å². The Hall–Kier alpha value is -0.0800. The Labute approximate surface area is 127 Å². The summed E-state index contributed by atoms with van der Waals surface area (Å²) in [6.07, 6.45) is 4.00. The van der Waals surface area contributed by atoms with Gasteiger partial charge >= 0.3 is 0 Å². The Balaban J connectivity index is 2.61. The number of hydrogen-bond acceptors (Lipinski definition) is 2. The molecule has 0 spiro atoms. The fraction of sp³-hybridized carbons (Fsp3) is 1.00. The van der Waals surface area contributed by atoms with Gasteiger partial charge in [0.2, 0.25) is 0 Å². The van der Waals surface area contributed by atoms with Gasteiger partial charge in [-0.1, -0.05) is 41.5 Å². The minimum absolute atomic E-state index is 0.395. The summed E-state index contributed by atoms with van der Waals surface area (Å²) in [7, 11) is 2.30. The summed E-state index contributed by atoms with van der Waals surface area (Å²) in [5.41, 5.74) is 0.395. The molecule has 0 aromatic heterocycles. The molecule has 1 rings (SSSR count). The molecule has 0 aromatic rings. The SMILES string of the molecule is CCCNC1CC(C)CC(C)C1CN(C)CC(C)(C)C. The predicted molar refractivity (Wildman–Crippen MR) is 90.1 cm³/mol. The lowest BCUT2D eigenvalue weighted by atomic mass is 9.72. The van der Waals surface area contributed by atoms with Gasteiger partial charge in [0.1, 0.15) is 0 Å². The van der Waals surface area contributed by atoms with Gasteiger partial charge in [-0.25, -0.2) is 0 Å². The van der Waals surface area contributed by atoms with E-state index in [1.807, 2.05) is 0 Å². The van der Waals surface area contributed by atoms with Gasteiger partial charge in [0.15, 0.2) is 0 Å². The first-order valence-corrected chi connectivity index (χ1v) is 8.65. The van der Waals surface area contributed by atoms with E-state index in [1.165, 1.54) is 38.9 Å². The summed E-state index contributed by atoms with van der Waals surface area (Å²) in [5.74, 6) is 2.53. The second kappa shape index (κ2) is 7.79. The van der Waals surface area contributed by atoms with Crippen LogP contribution >= 0.6 is 0 Å². The fourth-order valence-electron chi connectivity index (χ4n) is 4.02. The molecule has 0 aromatic carbocycles. The molecule has 0 bridgehead atoms. The van der Waals surface area contributed by atoms with Gasteiger partial charge in [-0.3, -0.25) is 0 Å². The van der Waals surface area contributed by atoms with Crippen molar-refractivity contribution in [2.45, 2.75) is 66.8 Å². The monoisotopic (exact) mass is 282 g/mol. The van der Waals surface area contributed by atoms with Crippen LogP contribution in [0.25, 0.3) is 0 Å². The Bertz CT molecular complexity index is 269. The Kier molecular flexibility index (Phi) is 7.00. The van der Waals surface area contributed by atoms with Crippen LogP contribution in [0, 0.1) is 23.2 Å². The molecule has 20 heavy (non-hydrogen) atoms. The maximum atomic E-state index is 3.82. The first kappa shape index (κ1) is 18.0. The molecule has 1 N–H and O–H groups in total. The summed E-state index contributed by atoms with van der Waals surface area (Å²) >= 11 is 0.